The zero-order valence-corrected chi connectivity index (χ0v) is 15.6. The molecule has 22 heavy (non-hydrogen) atoms. The van der Waals surface area contributed by atoms with Gasteiger partial charge in [0.2, 0.25) is 0 Å². The molecule has 1 aromatic rings. The Hall–Kier alpha value is -1.34. The Bertz CT molecular complexity index is 557. The summed E-state index contributed by atoms with van der Waals surface area (Å²) in [6.07, 6.45) is 1.25. The van der Waals surface area contributed by atoms with Crippen LogP contribution in [0, 0.1) is 11.8 Å². The Balaban J connectivity index is 2.60. The molecule has 0 aromatic heterocycles. The number of aliphatic hydroxyl groups is 1. The molecule has 120 valence electrons. The molecule has 1 N–H and O–H groups in total. The van der Waals surface area contributed by atoms with Gasteiger partial charge in [-0.05, 0) is 42.3 Å². The van der Waals surface area contributed by atoms with E-state index < -0.39 is 14.4 Å². The van der Waals surface area contributed by atoms with Crippen LogP contribution in [0.2, 0.25) is 18.1 Å². The van der Waals surface area contributed by atoms with E-state index in [2.05, 4.69) is 45.7 Å². The fourth-order valence-electron chi connectivity index (χ4n) is 1.54. The second kappa shape index (κ2) is 7.78. The molecule has 0 aliphatic carbocycles. The molecule has 0 saturated heterocycles. The number of benzene rings is 1. The van der Waals surface area contributed by atoms with Gasteiger partial charge in [0.1, 0.15) is 6.10 Å². The summed E-state index contributed by atoms with van der Waals surface area (Å²) in [5.74, 6) is 5.87. The van der Waals surface area contributed by atoms with E-state index in [9.17, 15) is 5.11 Å². The zero-order chi connectivity index (χ0) is 16.8. The fraction of sp³-hybridized carbons (Fsp3) is 0.474. The van der Waals surface area contributed by atoms with Crippen molar-refractivity contribution in [2.45, 2.75) is 51.9 Å². The third-order valence-electron chi connectivity index (χ3n) is 4.16. The molecule has 1 unspecified atom stereocenters. The number of hydrogen-bond donors (Lipinski definition) is 1. The highest BCUT2D eigenvalue weighted by Gasteiger charge is 2.36. The monoisotopic (exact) mass is 316 g/mol. The number of allylic oxidation sites excluding steroid dienone is 1. The van der Waals surface area contributed by atoms with Gasteiger partial charge in [0.15, 0.2) is 8.32 Å². The minimum atomic E-state index is -1.71. The van der Waals surface area contributed by atoms with Gasteiger partial charge < -0.3 is 9.53 Å². The molecule has 0 amide bonds. The lowest BCUT2D eigenvalue weighted by atomic mass is 10.1. The standard InChI is InChI=1S/C19H28O2Si/c1-16(14-15-21-22(5,6)19(2,3)4)12-13-18(20)17-10-8-7-9-11-17/h7-11,14,18,20H,15H2,1-6H3/b16-14-. The lowest BCUT2D eigenvalue weighted by Crippen LogP contribution is -2.40. The lowest BCUT2D eigenvalue weighted by Gasteiger charge is -2.35. The van der Waals surface area contributed by atoms with Gasteiger partial charge in [0.25, 0.3) is 0 Å². The van der Waals surface area contributed by atoms with Gasteiger partial charge in [-0.2, -0.15) is 0 Å². The molecule has 0 saturated carbocycles. The Labute approximate surface area is 136 Å². The van der Waals surface area contributed by atoms with Gasteiger partial charge in [-0.3, -0.25) is 0 Å². The average Bonchev–Trinajstić information content (AvgIpc) is 2.44. The van der Waals surface area contributed by atoms with E-state index in [1.807, 2.05) is 43.3 Å². The van der Waals surface area contributed by atoms with Crippen LogP contribution in [-0.2, 0) is 4.43 Å². The second-order valence-corrected chi connectivity index (χ2v) is 11.9. The van der Waals surface area contributed by atoms with Gasteiger partial charge in [-0.25, -0.2) is 0 Å². The highest BCUT2D eigenvalue weighted by atomic mass is 28.4. The Kier molecular flexibility index (Phi) is 6.61. The van der Waals surface area contributed by atoms with Crippen molar-refractivity contribution in [3.8, 4) is 11.8 Å². The van der Waals surface area contributed by atoms with Crippen LogP contribution in [0.25, 0.3) is 0 Å². The molecular weight excluding hydrogens is 288 g/mol. The summed E-state index contributed by atoms with van der Waals surface area (Å²) in [6, 6.07) is 9.47. The van der Waals surface area contributed by atoms with Gasteiger partial charge in [0.05, 0.1) is 6.61 Å². The zero-order valence-electron chi connectivity index (χ0n) is 14.6. The highest BCUT2D eigenvalue weighted by Crippen LogP contribution is 2.36. The van der Waals surface area contributed by atoms with E-state index in [1.165, 1.54) is 0 Å². The van der Waals surface area contributed by atoms with Crippen LogP contribution in [0.4, 0.5) is 0 Å². The number of aliphatic hydroxyl groups excluding tert-OH is 1. The van der Waals surface area contributed by atoms with Crippen molar-refractivity contribution in [2.75, 3.05) is 6.61 Å². The first-order valence-corrected chi connectivity index (χ1v) is 10.6. The molecule has 2 nitrogen and oxygen atoms in total. The fourth-order valence-corrected chi connectivity index (χ4v) is 2.48. The summed E-state index contributed by atoms with van der Waals surface area (Å²) in [5.41, 5.74) is 1.74. The predicted octanol–water partition coefficient (Wildman–Crippen LogP) is 4.69. The van der Waals surface area contributed by atoms with Crippen LogP contribution in [0.3, 0.4) is 0 Å². The van der Waals surface area contributed by atoms with E-state index in [0.29, 0.717) is 6.61 Å². The van der Waals surface area contributed by atoms with Gasteiger partial charge in [0, 0.05) is 0 Å². The largest absolute Gasteiger partial charge is 0.413 e. The van der Waals surface area contributed by atoms with Crippen molar-refractivity contribution in [2.24, 2.45) is 0 Å². The third kappa shape index (κ3) is 5.80. The maximum Gasteiger partial charge on any atom is 0.192 e. The van der Waals surface area contributed by atoms with Gasteiger partial charge >= 0.3 is 0 Å². The summed E-state index contributed by atoms with van der Waals surface area (Å²) in [5, 5.41) is 10.2. The van der Waals surface area contributed by atoms with Crippen molar-refractivity contribution in [1.82, 2.24) is 0 Å². The van der Waals surface area contributed by atoms with Crippen molar-refractivity contribution in [3.05, 3.63) is 47.5 Å². The summed E-state index contributed by atoms with van der Waals surface area (Å²) in [4.78, 5) is 0. The van der Waals surface area contributed by atoms with Crippen LogP contribution in [0.1, 0.15) is 39.4 Å². The molecular formula is C19H28O2Si. The molecule has 1 atom stereocenters. The maximum atomic E-state index is 10.0. The van der Waals surface area contributed by atoms with E-state index in [4.69, 9.17) is 4.43 Å². The summed E-state index contributed by atoms with van der Waals surface area (Å²) in [7, 11) is -1.71. The summed E-state index contributed by atoms with van der Waals surface area (Å²) in [6.45, 7) is 13.7. The lowest BCUT2D eigenvalue weighted by molar-refractivity contribution is 0.238. The third-order valence-corrected chi connectivity index (χ3v) is 8.66. The summed E-state index contributed by atoms with van der Waals surface area (Å²) >= 11 is 0. The first-order chi connectivity index (χ1) is 10.1. The van der Waals surface area contributed by atoms with Crippen LogP contribution in [0.15, 0.2) is 42.0 Å². The predicted molar refractivity (Wildman–Crippen MR) is 96.1 cm³/mol. The molecule has 0 radical (unpaired) electrons. The van der Waals surface area contributed by atoms with Gasteiger partial charge in [-0.1, -0.05) is 62.9 Å². The Morgan fingerprint density at radius 2 is 1.86 bits per heavy atom. The molecule has 1 rings (SSSR count). The van der Waals surface area contributed by atoms with E-state index >= 15 is 0 Å². The first-order valence-electron chi connectivity index (χ1n) is 7.69. The maximum absolute atomic E-state index is 10.0. The highest BCUT2D eigenvalue weighted by molar-refractivity contribution is 6.74. The Morgan fingerprint density at radius 1 is 1.27 bits per heavy atom. The van der Waals surface area contributed by atoms with Crippen molar-refractivity contribution >= 4 is 8.32 Å². The molecule has 1 aromatic carbocycles. The van der Waals surface area contributed by atoms with Crippen molar-refractivity contribution in [3.63, 3.8) is 0 Å². The van der Waals surface area contributed by atoms with Crippen LogP contribution >= 0.6 is 0 Å². The molecule has 3 heteroatoms. The van der Waals surface area contributed by atoms with Crippen molar-refractivity contribution in [1.29, 1.82) is 0 Å². The van der Waals surface area contributed by atoms with Gasteiger partial charge in [-0.15, -0.1) is 0 Å². The minimum absolute atomic E-state index is 0.212. The van der Waals surface area contributed by atoms with Crippen LogP contribution in [-0.4, -0.2) is 20.0 Å². The van der Waals surface area contributed by atoms with E-state index in [1.54, 1.807) is 0 Å². The van der Waals surface area contributed by atoms with E-state index in [0.717, 1.165) is 11.1 Å². The first kappa shape index (κ1) is 18.7. The second-order valence-electron chi connectivity index (χ2n) is 7.04. The van der Waals surface area contributed by atoms with E-state index in [-0.39, 0.29) is 5.04 Å². The molecule has 0 aliphatic heterocycles. The normalized spacial score (nSPS) is 14.2. The van der Waals surface area contributed by atoms with Crippen LogP contribution < -0.4 is 0 Å². The summed E-state index contributed by atoms with van der Waals surface area (Å²) < 4.78 is 6.09. The van der Waals surface area contributed by atoms with Crippen LogP contribution in [0.5, 0.6) is 0 Å². The number of rotatable bonds is 4. The smallest absolute Gasteiger partial charge is 0.192 e. The SMILES string of the molecule is C/C(C#CC(O)c1ccccc1)=C/CO[Si](C)(C)C(C)(C)C. The van der Waals surface area contributed by atoms with Crippen molar-refractivity contribution < 1.29 is 9.53 Å². The molecule has 0 heterocycles. The topological polar surface area (TPSA) is 29.5 Å². The molecule has 0 bridgehead atoms. The minimum Gasteiger partial charge on any atom is -0.413 e. The quantitative estimate of drug-likeness (QED) is 0.645. The molecule has 0 fully saturated rings. The molecule has 0 spiro atoms. The number of hydrogen-bond acceptors (Lipinski definition) is 2. The Morgan fingerprint density at radius 3 is 2.41 bits per heavy atom. The molecule has 0 aliphatic rings. The average molecular weight is 317 g/mol.